The van der Waals surface area contributed by atoms with Gasteiger partial charge in [0, 0.05) is 10.6 Å². The van der Waals surface area contributed by atoms with Crippen molar-refractivity contribution >= 4 is 11.7 Å². The SMILES string of the molecule is C=C(N=[N+]=[N-])c1ccc(C(=O)OC)cc1. The van der Waals surface area contributed by atoms with Gasteiger partial charge in [-0.2, -0.15) is 0 Å². The third kappa shape index (κ3) is 2.59. The van der Waals surface area contributed by atoms with E-state index in [0.717, 1.165) is 0 Å². The summed E-state index contributed by atoms with van der Waals surface area (Å²) in [6.45, 7) is 3.57. The fraction of sp³-hybridized carbons (Fsp3) is 0.100. The first-order valence-corrected chi connectivity index (χ1v) is 4.12. The maximum Gasteiger partial charge on any atom is 0.337 e. The fourth-order valence-corrected chi connectivity index (χ4v) is 1.03. The predicted molar refractivity (Wildman–Crippen MR) is 56.0 cm³/mol. The quantitative estimate of drug-likeness (QED) is 0.328. The van der Waals surface area contributed by atoms with Gasteiger partial charge in [-0.05, 0) is 23.2 Å². The smallest absolute Gasteiger partial charge is 0.337 e. The topological polar surface area (TPSA) is 75.1 Å². The first kappa shape index (κ1) is 10.8. The maximum atomic E-state index is 11.1. The van der Waals surface area contributed by atoms with Gasteiger partial charge in [0.15, 0.2) is 0 Å². The number of hydrogen-bond donors (Lipinski definition) is 0. The minimum atomic E-state index is -0.407. The Bertz CT molecular complexity index is 430. The van der Waals surface area contributed by atoms with Crippen LogP contribution >= 0.6 is 0 Å². The number of hydrogen-bond acceptors (Lipinski definition) is 3. The molecule has 0 bridgehead atoms. The summed E-state index contributed by atoms with van der Waals surface area (Å²) in [5.74, 6) is -0.407. The van der Waals surface area contributed by atoms with Crippen molar-refractivity contribution in [2.24, 2.45) is 5.11 Å². The van der Waals surface area contributed by atoms with E-state index in [0.29, 0.717) is 16.8 Å². The molecule has 15 heavy (non-hydrogen) atoms. The summed E-state index contributed by atoms with van der Waals surface area (Å²) < 4.78 is 4.54. The number of carbonyl (C=O) groups is 1. The van der Waals surface area contributed by atoms with Crippen LogP contribution in [0.3, 0.4) is 0 Å². The van der Waals surface area contributed by atoms with E-state index in [1.807, 2.05) is 0 Å². The summed E-state index contributed by atoms with van der Waals surface area (Å²) in [5.41, 5.74) is 9.62. The molecule has 0 aliphatic carbocycles. The van der Waals surface area contributed by atoms with Gasteiger partial charge < -0.3 is 4.74 Å². The Labute approximate surface area is 86.6 Å². The molecule has 0 heterocycles. The van der Waals surface area contributed by atoms with Gasteiger partial charge in [0.2, 0.25) is 0 Å². The van der Waals surface area contributed by atoms with Crippen LogP contribution in [-0.2, 0) is 4.74 Å². The highest BCUT2D eigenvalue weighted by Crippen LogP contribution is 2.14. The van der Waals surface area contributed by atoms with Crippen molar-refractivity contribution in [3.05, 3.63) is 52.4 Å². The van der Waals surface area contributed by atoms with Gasteiger partial charge in [-0.3, -0.25) is 0 Å². The number of methoxy groups -OCH3 is 1. The zero-order valence-corrected chi connectivity index (χ0v) is 8.17. The van der Waals surface area contributed by atoms with Gasteiger partial charge in [-0.15, -0.1) is 0 Å². The summed E-state index contributed by atoms with van der Waals surface area (Å²) in [5, 5.41) is 3.36. The highest BCUT2D eigenvalue weighted by Gasteiger charge is 2.04. The summed E-state index contributed by atoms with van der Waals surface area (Å²) in [7, 11) is 1.31. The molecule has 0 atom stereocenters. The van der Waals surface area contributed by atoms with Crippen molar-refractivity contribution in [1.29, 1.82) is 0 Å². The Morgan fingerprint density at radius 1 is 1.40 bits per heavy atom. The molecular weight excluding hydrogens is 194 g/mol. The summed E-state index contributed by atoms with van der Waals surface area (Å²) in [6.07, 6.45) is 0. The first-order valence-electron chi connectivity index (χ1n) is 4.12. The molecule has 0 aliphatic heterocycles. The van der Waals surface area contributed by atoms with E-state index in [1.165, 1.54) is 7.11 Å². The molecule has 1 rings (SSSR count). The lowest BCUT2D eigenvalue weighted by molar-refractivity contribution is 0.0601. The number of nitrogens with zero attached hydrogens (tertiary/aromatic N) is 3. The minimum absolute atomic E-state index is 0.314. The molecule has 0 amide bonds. The molecule has 0 aliphatic rings. The van der Waals surface area contributed by atoms with Gasteiger partial charge in [0.05, 0.1) is 12.7 Å². The van der Waals surface area contributed by atoms with Gasteiger partial charge in [0.25, 0.3) is 0 Å². The van der Waals surface area contributed by atoms with Crippen LogP contribution in [0.1, 0.15) is 15.9 Å². The second-order valence-electron chi connectivity index (χ2n) is 2.71. The first-order chi connectivity index (χ1) is 7.19. The zero-order chi connectivity index (χ0) is 11.3. The molecule has 0 saturated carbocycles. The molecule has 5 heteroatoms. The van der Waals surface area contributed by atoms with Crippen molar-refractivity contribution in [2.45, 2.75) is 0 Å². The predicted octanol–water partition coefficient (Wildman–Crippen LogP) is 2.75. The van der Waals surface area contributed by atoms with Crippen molar-refractivity contribution in [2.75, 3.05) is 7.11 Å². The third-order valence-corrected chi connectivity index (χ3v) is 1.80. The van der Waals surface area contributed by atoms with Crippen LogP contribution < -0.4 is 0 Å². The summed E-state index contributed by atoms with van der Waals surface area (Å²) in [6, 6.07) is 6.45. The van der Waals surface area contributed by atoms with E-state index < -0.39 is 5.97 Å². The normalized spacial score (nSPS) is 8.87. The minimum Gasteiger partial charge on any atom is -0.465 e. The number of azide groups is 1. The standard InChI is InChI=1S/C10H9N3O2/c1-7(12-13-11)8-3-5-9(6-4-8)10(14)15-2/h3-6H,1H2,2H3. The summed E-state index contributed by atoms with van der Waals surface area (Å²) >= 11 is 0. The third-order valence-electron chi connectivity index (χ3n) is 1.80. The monoisotopic (exact) mass is 203 g/mol. The van der Waals surface area contributed by atoms with Crippen molar-refractivity contribution in [3.8, 4) is 0 Å². The molecule has 0 aromatic heterocycles. The molecule has 5 nitrogen and oxygen atoms in total. The van der Waals surface area contributed by atoms with Crippen LogP contribution in [0, 0.1) is 0 Å². The van der Waals surface area contributed by atoms with Gasteiger partial charge in [0.1, 0.15) is 0 Å². The second-order valence-corrected chi connectivity index (χ2v) is 2.71. The van der Waals surface area contributed by atoms with Crippen molar-refractivity contribution in [3.63, 3.8) is 0 Å². The fourth-order valence-electron chi connectivity index (χ4n) is 1.03. The van der Waals surface area contributed by atoms with E-state index in [4.69, 9.17) is 5.53 Å². The highest BCUT2D eigenvalue weighted by atomic mass is 16.5. The Morgan fingerprint density at radius 3 is 2.40 bits per heavy atom. The molecule has 1 aromatic carbocycles. The molecule has 0 unspecified atom stereocenters. The van der Waals surface area contributed by atoms with Crippen LogP contribution in [0.5, 0.6) is 0 Å². The summed E-state index contributed by atoms with van der Waals surface area (Å²) in [4.78, 5) is 13.7. The zero-order valence-electron chi connectivity index (χ0n) is 8.17. The molecule has 0 spiro atoms. The second kappa shape index (κ2) is 4.83. The van der Waals surface area contributed by atoms with E-state index in [1.54, 1.807) is 24.3 Å². The Kier molecular flexibility index (Phi) is 3.49. The van der Waals surface area contributed by atoms with Gasteiger partial charge in [-0.25, -0.2) is 4.79 Å². The number of ether oxygens (including phenoxy) is 1. The lowest BCUT2D eigenvalue weighted by Gasteiger charge is -2.01. The number of carbonyl (C=O) groups excluding carboxylic acids is 1. The van der Waals surface area contributed by atoms with Crippen LogP contribution in [0.4, 0.5) is 0 Å². The Hall–Kier alpha value is -2.26. The van der Waals surface area contributed by atoms with E-state index in [2.05, 4.69) is 21.3 Å². The number of rotatable bonds is 3. The van der Waals surface area contributed by atoms with Crippen LogP contribution in [-0.4, -0.2) is 13.1 Å². The molecule has 76 valence electrons. The van der Waals surface area contributed by atoms with Crippen molar-refractivity contribution in [1.82, 2.24) is 0 Å². The molecular formula is C10H9N3O2. The molecule has 1 aromatic rings. The number of benzene rings is 1. The average molecular weight is 203 g/mol. The van der Waals surface area contributed by atoms with E-state index in [-0.39, 0.29) is 0 Å². The van der Waals surface area contributed by atoms with E-state index in [9.17, 15) is 4.79 Å². The Balaban J connectivity index is 2.94. The van der Waals surface area contributed by atoms with Gasteiger partial charge in [-0.1, -0.05) is 23.8 Å². The lowest BCUT2D eigenvalue weighted by Crippen LogP contribution is -2.00. The molecule has 0 radical (unpaired) electrons. The van der Waals surface area contributed by atoms with Crippen LogP contribution in [0.2, 0.25) is 0 Å². The van der Waals surface area contributed by atoms with E-state index >= 15 is 0 Å². The average Bonchev–Trinajstić information content (AvgIpc) is 2.28. The molecule has 0 fully saturated rings. The number of esters is 1. The molecule has 0 saturated heterocycles. The molecule has 0 N–H and O–H groups in total. The largest absolute Gasteiger partial charge is 0.465 e. The maximum absolute atomic E-state index is 11.1. The highest BCUT2D eigenvalue weighted by molar-refractivity contribution is 5.89. The van der Waals surface area contributed by atoms with Crippen molar-refractivity contribution < 1.29 is 9.53 Å². The van der Waals surface area contributed by atoms with Gasteiger partial charge >= 0.3 is 5.97 Å². The van der Waals surface area contributed by atoms with Crippen LogP contribution in [0.25, 0.3) is 16.1 Å². The van der Waals surface area contributed by atoms with Crippen LogP contribution in [0.15, 0.2) is 36.0 Å². The Morgan fingerprint density at radius 2 is 1.93 bits per heavy atom. The lowest BCUT2D eigenvalue weighted by atomic mass is 10.1.